The van der Waals surface area contributed by atoms with Crippen LogP contribution in [0.3, 0.4) is 0 Å². The Morgan fingerprint density at radius 2 is 1.94 bits per heavy atom. The molecule has 2 aliphatic rings. The first kappa shape index (κ1) is 22.8. The molecule has 2 aliphatic heterocycles. The minimum Gasteiger partial charge on any atom is -0.496 e. The monoisotopic (exact) mass is 437 g/mol. The Kier molecular flexibility index (Phi) is 7.45. The predicted octanol–water partition coefficient (Wildman–Crippen LogP) is 2.82. The molecule has 1 atom stereocenters. The number of rotatable bonds is 8. The molecule has 0 aliphatic carbocycles. The normalized spacial score (nSPS) is 22.1. The SMILES string of the molecule is COc1ccccc1-c1cccc(C[C@]2(C(=O)NCCN3CCN(C)CC3)CCCO2)c1. The number of hydrogen-bond donors (Lipinski definition) is 1. The van der Waals surface area contributed by atoms with Gasteiger partial charge in [-0.15, -0.1) is 0 Å². The van der Waals surface area contributed by atoms with Gasteiger partial charge in [0.25, 0.3) is 5.91 Å². The zero-order chi connectivity index (χ0) is 22.4. The van der Waals surface area contributed by atoms with Crippen LogP contribution in [0.1, 0.15) is 18.4 Å². The molecule has 2 heterocycles. The standard InChI is InChI=1S/C26H35N3O3/c1-28-14-16-29(17-15-28)13-12-27-25(30)26(11-6-18-32-26)20-21-7-5-8-22(19-21)23-9-3-4-10-24(23)31-2/h3-5,7-10,19H,6,11-18,20H2,1-2H3,(H,27,30)/t26-/m0/s1. The summed E-state index contributed by atoms with van der Waals surface area (Å²) in [4.78, 5) is 18.0. The first-order valence-corrected chi connectivity index (χ1v) is 11.7. The molecule has 6 heteroatoms. The molecule has 1 N–H and O–H groups in total. The Balaban J connectivity index is 1.42. The van der Waals surface area contributed by atoms with Crippen molar-refractivity contribution in [3.63, 3.8) is 0 Å². The number of carbonyl (C=O) groups is 1. The molecule has 2 aromatic rings. The predicted molar refractivity (Wildman–Crippen MR) is 127 cm³/mol. The fourth-order valence-electron chi connectivity index (χ4n) is 4.72. The molecule has 0 aromatic heterocycles. The van der Waals surface area contributed by atoms with Crippen molar-refractivity contribution in [3.05, 3.63) is 54.1 Å². The summed E-state index contributed by atoms with van der Waals surface area (Å²) in [5, 5.41) is 3.17. The summed E-state index contributed by atoms with van der Waals surface area (Å²) in [5.41, 5.74) is 2.46. The van der Waals surface area contributed by atoms with E-state index in [0.717, 1.165) is 68.0 Å². The lowest BCUT2D eigenvalue weighted by molar-refractivity contribution is -0.141. The summed E-state index contributed by atoms with van der Waals surface area (Å²) in [6.07, 6.45) is 2.25. The fourth-order valence-corrected chi connectivity index (χ4v) is 4.72. The average molecular weight is 438 g/mol. The van der Waals surface area contributed by atoms with Crippen molar-refractivity contribution in [3.8, 4) is 16.9 Å². The molecule has 4 rings (SSSR count). The van der Waals surface area contributed by atoms with E-state index in [0.29, 0.717) is 19.6 Å². The highest BCUT2D eigenvalue weighted by molar-refractivity contribution is 5.86. The van der Waals surface area contributed by atoms with Crippen LogP contribution in [0.2, 0.25) is 0 Å². The van der Waals surface area contributed by atoms with Gasteiger partial charge in [-0.3, -0.25) is 9.69 Å². The molecule has 0 bridgehead atoms. The van der Waals surface area contributed by atoms with E-state index in [1.54, 1.807) is 7.11 Å². The van der Waals surface area contributed by atoms with Crippen LogP contribution in [0, 0.1) is 0 Å². The maximum Gasteiger partial charge on any atom is 0.252 e. The van der Waals surface area contributed by atoms with E-state index in [1.165, 1.54) is 0 Å². The smallest absolute Gasteiger partial charge is 0.252 e. The largest absolute Gasteiger partial charge is 0.496 e. The van der Waals surface area contributed by atoms with Gasteiger partial charge in [-0.1, -0.05) is 42.5 Å². The van der Waals surface area contributed by atoms with Crippen LogP contribution < -0.4 is 10.1 Å². The van der Waals surface area contributed by atoms with Crippen LogP contribution >= 0.6 is 0 Å². The number of carbonyl (C=O) groups excluding carboxylic acids is 1. The van der Waals surface area contributed by atoms with Gasteiger partial charge in [0.15, 0.2) is 5.60 Å². The lowest BCUT2D eigenvalue weighted by Gasteiger charge is -2.33. The Bertz CT molecular complexity index is 903. The maximum atomic E-state index is 13.2. The summed E-state index contributed by atoms with van der Waals surface area (Å²) < 4.78 is 11.6. The number of benzene rings is 2. The molecule has 0 unspecified atom stereocenters. The van der Waals surface area contributed by atoms with Crippen molar-refractivity contribution >= 4 is 5.91 Å². The second-order valence-electron chi connectivity index (χ2n) is 8.92. The maximum absolute atomic E-state index is 13.2. The minimum absolute atomic E-state index is 0.0202. The summed E-state index contributed by atoms with van der Waals surface area (Å²) in [5.74, 6) is 0.866. The van der Waals surface area contributed by atoms with Gasteiger partial charge >= 0.3 is 0 Å². The molecule has 0 spiro atoms. The number of likely N-dealkylation sites (N-methyl/N-ethyl adjacent to an activating group) is 1. The highest BCUT2D eigenvalue weighted by atomic mass is 16.5. The van der Waals surface area contributed by atoms with Crippen LogP contribution in [-0.2, 0) is 16.0 Å². The minimum atomic E-state index is -0.776. The number of methoxy groups -OCH3 is 1. The quantitative estimate of drug-likeness (QED) is 0.688. The van der Waals surface area contributed by atoms with Crippen LogP contribution in [0.5, 0.6) is 5.75 Å². The molecule has 0 radical (unpaired) electrons. The van der Waals surface area contributed by atoms with Crippen molar-refractivity contribution in [2.24, 2.45) is 0 Å². The van der Waals surface area contributed by atoms with E-state index in [4.69, 9.17) is 9.47 Å². The lowest BCUT2D eigenvalue weighted by atomic mass is 9.89. The van der Waals surface area contributed by atoms with Crippen LogP contribution in [-0.4, -0.2) is 81.3 Å². The Hall–Kier alpha value is -2.41. The first-order valence-electron chi connectivity index (χ1n) is 11.7. The number of para-hydroxylation sites is 1. The van der Waals surface area contributed by atoms with Gasteiger partial charge in [-0.25, -0.2) is 0 Å². The van der Waals surface area contributed by atoms with Gasteiger partial charge < -0.3 is 19.7 Å². The third-order valence-electron chi connectivity index (χ3n) is 6.66. The Labute approximate surface area is 191 Å². The molecule has 2 aromatic carbocycles. The zero-order valence-corrected chi connectivity index (χ0v) is 19.3. The molecule has 2 saturated heterocycles. The van der Waals surface area contributed by atoms with Crippen molar-refractivity contribution in [1.29, 1.82) is 0 Å². The van der Waals surface area contributed by atoms with E-state index in [-0.39, 0.29) is 5.91 Å². The van der Waals surface area contributed by atoms with Crippen LogP contribution in [0.25, 0.3) is 11.1 Å². The zero-order valence-electron chi connectivity index (χ0n) is 19.3. The molecule has 6 nitrogen and oxygen atoms in total. The summed E-state index contributed by atoms with van der Waals surface area (Å²) >= 11 is 0. The number of piperazine rings is 1. The van der Waals surface area contributed by atoms with E-state index < -0.39 is 5.60 Å². The second kappa shape index (κ2) is 10.5. The van der Waals surface area contributed by atoms with Crippen molar-refractivity contribution < 1.29 is 14.3 Å². The number of nitrogens with zero attached hydrogens (tertiary/aromatic N) is 2. The van der Waals surface area contributed by atoms with Gasteiger partial charge in [-0.2, -0.15) is 0 Å². The molecule has 1 amide bonds. The summed E-state index contributed by atoms with van der Waals surface area (Å²) in [7, 11) is 3.85. The Morgan fingerprint density at radius 3 is 2.69 bits per heavy atom. The molecule has 32 heavy (non-hydrogen) atoms. The molecular formula is C26H35N3O3. The van der Waals surface area contributed by atoms with Crippen LogP contribution in [0.15, 0.2) is 48.5 Å². The summed E-state index contributed by atoms with van der Waals surface area (Å²) in [6.45, 7) is 6.48. The van der Waals surface area contributed by atoms with Gasteiger partial charge in [-0.05, 0) is 37.1 Å². The third-order valence-corrected chi connectivity index (χ3v) is 6.66. The van der Waals surface area contributed by atoms with Crippen molar-refractivity contribution in [2.75, 3.05) is 60.0 Å². The highest BCUT2D eigenvalue weighted by Gasteiger charge is 2.42. The van der Waals surface area contributed by atoms with Crippen LogP contribution in [0.4, 0.5) is 0 Å². The molecule has 0 saturated carbocycles. The van der Waals surface area contributed by atoms with Gasteiger partial charge in [0, 0.05) is 57.9 Å². The van der Waals surface area contributed by atoms with E-state index >= 15 is 0 Å². The number of nitrogens with one attached hydrogen (secondary N) is 1. The topological polar surface area (TPSA) is 54.0 Å². The second-order valence-corrected chi connectivity index (χ2v) is 8.92. The van der Waals surface area contributed by atoms with Gasteiger partial charge in [0.2, 0.25) is 0 Å². The number of ether oxygens (including phenoxy) is 2. The molecule has 2 fully saturated rings. The summed E-state index contributed by atoms with van der Waals surface area (Å²) in [6, 6.07) is 16.4. The number of hydrogen-bond acceptors (Lipinski definition) is 5. The lowest BCUT2D eigenvalue weighted by Crippen LogP contribution is -2.51. The highest BCUT2D eigenvalue weighted by Crippen LogP contribution is 2.33. The first-order chi connectivity index (χ1) is 15.6. The fraction of sp³-hybridized carbons (Fsp3) is 0.500. The van der Waals surface area contributed by atoms with E-state index in [1.807, 2.05) is 24.3 Å². The van der Waals surface area contributed by atoms with Gasteiger partial charge in [0.05, 0.1) is 7.11 Å². The third kappa shape index (κ3) is 5.31. The Morgan fingerprint density at radius 1 is 1.12 bits per heavy atom. The average Bonchev–Trinajstić information content (AvgIpc) is 3.30. The van der Waals surface area contributed by atoms with E-state index in [2.05, 4.69) is 46.4 Å². The van der Waals surface area contributed by atoms with Crippen molar-refractivity contribution in [1.82, 2.24) is 15.1 Å². The number of amides is 1. The van der Waals surface area contributed by atoms with Gasteiger partial charge in [0.1, 0.15) is 5.75 Å². The van der Waals surface area contributed by atoms with E-state index in [9.17, 15) is 4.79 Å². The molecule has 172 valence electrons. The van der Waals surface area contributed by atoms with Crippen molar-refractivity contribution in [2.45, 2.75) is 24.9 Å². The molecular weight excluding hydrogens is 402 g/mol.